The van der Waals surface area contributed by atoms with Crippen LogP contribution in [0.25, 0.3) is 0 Å². The highest BCUT2D eigenvalue weighted by Gasteiger charge is 2.61. The highest BCUT2D eigenvalue weighted by atomic mass is 19.4. The standard InChI is InChI=1S/C12H11F3N2O6/c1-23-10(19)11(20,12(13,14)15)6-9(18)16-7-2-4-8(5-3-7)17(21)22/h2-5,20H,6H2,1H3,(H,16,18). The lowest BCUT2D eigenvalue weighted by molar-refractivity contribution is -0.384. The summed E-state index contributed by atoms with van der Waals surface area (Å²) in [4.78, 5) is 32.5. The van der Waals surface area contributed by atoms with Gasteiger partial charge in [-0.25, -0.2) is 4.79 Å². The van der Waals surface area contributed by atoms with E-state index in [0.29, 0.717) is 7.11 Å². The number of halogens is 3. The van der Waals surface area contributed by atoms with Crippen molar-refractivity contribution in [2.24, 2.45) is 0 Å². The summed E-state index contributed by atoms with van der Waals surface area (Å²) in [6.45, 7) is 0. The van der Waals surface area contributed by atoms with Crippen LogP contribution in [0.2, 0.25) is 0 Å². The number of hydrogen-bond acceptors (Lipinski definition) is 6. The molecule has 0 aromatic heterocycles. The van der Waals surface area contributed by atoms with Crippen molar-refractivity contribution in [3.8, 4) is 0 Å². The van der Waals surface area contributed by atoms with Gasteiger partial charge in [-0.1, -0.05) is 0 Å². The molecule has 1 amide bonds. The predicted molar refractivity (Wildman–Crippen MR) is 69.4 cm³/mol. The summed E-state index contributed by atoms with van der Waals surface area (Å²) in [7, 11) is 0.632. The Bertz CT molecular complexity index is 616. The fraction of sp³-hybridized carbons (Fsp3) is 0.333. The molecule has 11 heteroatoms. The number of alkyl halides is 3. The third kappa shape index (κ3) is 4.16. The van der Waals surface area contributed by atoms with Gasteiger partial charge in [0.25, 0.3) is 11.3 Å². The molecular formula is C12H11F3N2O6. The number of rotatable bonds is 5. The molecule has 1 unspecified atom stereocenters. The van der Waals surface area contributed by atoms with Crippen LogP contribution in [0.15, 0.2) is 24.3 Å². The Balaban J connectivity index is 2.88. The number of nitrogens with one attached hydrogen (secondary N) is 1. The fourth-order valence-electron chi connectivity index (χ4n) is 1.56. The van der Waals surface area contributed by atoms with E-state index in [-0.39, 0.29) is 11.4 Å². The van der Waals surface area contributed by atoms with E-state index in [9.17, 15) is 38.0 Å². The first-order valence-electron chi connectivity index (χ1n) is 5.93. The number of nitrogens with zero attached hydrogens (tertiary/aromatic N) is 1. The first kappa shape index (κ1) is 18.4. The molecule has 1 atom stereocenters. The zero-order valence-electron chi connectivity index (χ0n) is 11.6. The number of aliphatic hydroxyl groups is 1. The molecule has 0 saturated heterocycles. The van der Waals surface area contributed by atoms with Gasteiger partial charge in [-0.05, 0) is 12.1 Å². The molecule has 1 aromatic carbocycles. The van der Waals surface area contributed by atoms with Crippen LogP contribution in [-0.4, -0.2) is 40.8 Å². The average molecular weight is 336 g/mol. The summed E-state index contributed by atoms with van der Waals surface area (Å²) in [5.41, 5.74) is -4.33. The Labute approximate surface area is 127 Å². The van der Waals surface area contributed by atoms with E-state index in [0.717, 1.165) is 24.3 Å². The van der Waals surface area contributed by atoms with E-state index in [2.05, 4.69) is 4.74 Å². The molecule has 0 aliphatic heterocycles. The Morgan fingerprint density at radius 2 is 1.83 bits per heavy atom. The van der Waals surface area contributed by atoms with Gasteiger partial charge >= 0.3 is 12.1 Å². The number of ether oxygens (including phenoxy) is 1. The van der Waals surface area contributed by atoms with Crippen molar-refractivity contribution in [2.45, 2.75) is 18.2 Å². The second-order valence-corrected chi connectivity index (χ2v) is 4.38. The van der Waals surface area contributed by atoms with E-state index in [1.165, 1.54) is 0 Å². The predicted octanol–water partition coefficient (Wildman–Crippen LogP) is 1.39. The Morgan fingerprint density at radius 3 is 2.22 bits per heavy atom. The van der Waals surface area contributed by atoms with E-state index in [1.807, 2.05) is 5.32 Å². The monoisotopic (exact) mass is 336 g/mol. The topological polar surface area (TPSA) is 119 Å². The third-order valence-corrected chi connectivity index (χ3v) is 2.77. The molecule has 23 heavy (non-hydrogen) atoms. The largest absolute Gasteiger partial charge is 0.467 e. The number of hydrogen-bond donors (Lipinski definition) is 2. The van der Waals surface area contributed by atoms with Crippen LogP contribution in [0.1, 0.15) is 6.42 Å². The first-order valence-corrected chi connectivity index (χ1v) is 5.93. The summed E-state index contributed by atoms with van der Waals surface area (Å²) in [6.07, 6.45) is -7.05. The highest BCUT2D eigenvalue weighted by Crippen LogP contribution is 2.34. The number of nitro benzene ring substituents is 1. The van der Waals surface area contributed by atoms with Crippen molar-refractivity contribution in [1.82, 2.24) is 0 Å². The number of esters is 1. The van der Waals surface area contributed by atoms with Crippen LogP contribution >= 0.6 is 0 Å². The van der Waals surface area contributed by atoms with Gasteiger partial charge in [-0.3, -0.25) is 14.9 Å². The van der Waals surface area contributed by atoms with Crippen molar-refractivity contribution in [3.63, 3.8) is 0 Å². The second-order valence-electron chi connectivity index (χ2n) is 4.38. The molecule has 1 aromatic rings. The molecule has 0 bridgehead atoms. The van der Waals surface area contributed by atoms with Crippen molar-refractivity contribution in [2.75, 3.05) is 12.4 Å². The molecule has 0 saturated carbocycles. The minimum atomic E-state index is -5.42. The van der Waals surface area contributed by atoms with Gasteiger partial charge in [0, 0.05) is 17.8 Å². The Hall–Kier alpha value is -2.69. The van der Waals surface area contributed by atoms with Crippen molar-refractivity contribution >= 4 is 23.3 Å². The van der Waals surface area contributed by atoms with Crippen LogP contribution < -0.4 is 5.32 Å². The van der Waals surface area contributed by atoms with Gasteiger partial charge in [0.15, 0.2) is 0 Å². The summed E-state index contributed by atoms with van der Waals surface area (Å²) < 4.78 is 42.2. The lowest BCUT2D eigenvalue weighted by Crippen LogP contribution is -2.54. The van der Waals surface area contributed by atoms with Crippen molar-refractivity contribution in [1.29, 1.82) is 0 Å². The normalized spacial score (nSPS) is 13.8. The number of anilines is 1. The van der Waals surface area contributed by atoms with Crippen LogP contribution in [-0.2, 0) is 14.3 Å². The molecule has 0 radical (unpaired) electrons. The fourth-order valence-corrected chi connectivity index (χ4v) is 1.56. The molecule has 0 heterocycles. The van der Waals surface area contributed by atoms with Gasteiger partial charge in [-0.15, -0.1) is 0 Å². The van der Waals surface area contributed by atoms with E-state index < -0.39 is 35.0 Å². The SMILES string of the molecule is COC(=O)C(O)(CC(=O)Nc1ccc([N+](=O)[O-])cc1)C(F)(F)F. The molecule has 0 aliphatic carbocycles. The number of carbonyl (C=O) groups is 2. The summed E-state index contributed by atoms with van der Waals surface area (Å²) in [5, 5.41) is 21.9. The van der Waals surface area contributed by atoms with E-state index in [1.54, 1.807) is 0 Å². The lowest BCUT2D eigenvalue weighted by Gasteiger charge is -2.26. The minimum absolute atomic E-state index is 0.0463. The Kier molecular flexibility index (Phi) is 5.27. The van der Waals surface area contributed by atoms with Crippen LogP contribution in [0.3, 0.4) is 0 Å². The lowest BCUT2D eigenvalue weighted by atomic mass is 9.98. The molecule has 2 N–H and O–H groups in total. The first-order chi connectivity index (χ1) is 10.5. The molecule has 0 aliphatic rings. The molecular weight excluding hydrogens is 325 g/mol. The smallest absolute Gasteiger partial charge is 0.428 e. The van der Waals surface area contributed by atoms with Gasteiger partial charge in [0.2, 0.25) is 5.91 Å². The number of nitro groups is 1. The third-order valence-electron chi connectivity index (χ3n) is 2.77. The van der Waals surface area contributed by atoms with Gasteiger partial charge in [-0.2, -0.15) is 13.2 Å². The second kappa shape index (κ2) is 6.60. The van der Waals surface area contributed by atoms with Gasteiger partial charge < -0.3 is 15.2 Å². The average Bonchev–Trinajstić information content (AvgIpc) is 2.45. The molecule has 0 spiro atoms. The van der Waals surface area contributed by atoms with Gasteiger partial charge in [0.1, 0.15) is 0 Å². The summed E-state index contributed by atoms with van der Waals surface area (Å²) >= 11 is 0. The Morgan fingerprint density at radius 1 is 1.30 bits per heavy atom. The molecule has 1 rings (SSSR count). The quantitative estimate of drug-likeness (QED) is 0.476. The van der Waals surface area contributed by atoms with Crippen molar-refractivity contribution in [3.05, 3.63) is 34.4 Å². The molecule has 126 valence electrons. The number of non-ortho nitro benzene ring substituents is 1. The maximum absolute atomic E-state index is 12.8. The zero-order chi connectivity index (χ0) is 17.8. The number of methoxy groups -OCH3 is 1. The van der Waals surface area contributed by atoms with E-state index in [4.69, 9.17) is 0 Å². The molecule has 8 nitrogen and oxygen atoms in total. The highest BCUT2D eigenvalue weighted by molar-refractivity contribution is 5.96. The maximum Gasteiger partial charge on any atom is 0.428 e. The maximum atomic E-state index is 12.8. The van der Waals surface area contributed by atoms with Crippen molar-refractivity contribution < 1.29 is 37.5 Å². The zero-order valence-corrected chi connectivity index (χ0v) is 11.6. The van der Waals surface area contributed by atoms with Crippen LogP contribution in [0.4, 0.5) is 24.5 Å². The number of benzene rings is 1. The number of carbonyl (C=O) groups excluding carboxylic acids is 2. The minimum Gasteiger partial charge on any atom is -0.467 e. The van der Waals surface area contributed by atoms with Crippen LogP contribution in [0.5, 0.6) is 0 Å². The van der Waals surface area contributed by atoms with E-state index >= 15 is 0 Å². The van der Waals surface area contributed by atoms with Gasteiger partial charge in [0.05, 0.1) is 18.5 Å². The number of amides is 1. The molecule has 0 fully saturated rings. The summed E-state index contributed by atoms with van der Waals surface area (Å²) in [6, 6.07) is 4.21. The van der Waals surface area contributed by atoms with Crippen LogP contribution in [0, 0.1) is 10.1 Å². The summed E-state index contributed by atoms with van der Waals surface area (Å²) in [5.74, 6) is -3.35.